The molecule has 124 valence electrons. The number of hydrogen-bond donors (Lipinski definition) is 1. The molecule has 0 amide bonds. The molecule has 0 aliphatic carbocycles. The number of carbonyl (C=O) groups excluding carboxylic acids is 1. The molecule has 4 rings (SSSR count). The fourth-order valence-electron chi connectivity index (χ4n) is 2.65. The van der Waals surface area contributed by atoms with Gasteiger partial charge in [-0.25, -0.2) is 0 Å². The third-order valence-electron chi connectivity index (χ3n) is 4.01. The minimum absolute atomic E-state index is 0.134. The number of rotatable bonds is 1. The zero-order valence-corrected chi connectivity index (χ0v) is 13.6. The lowest BCUT2D eigenvalue weighted by Crippen LogP contribution is -2.22. The summed E-state index contributed by atoms with van der Waals surface area (Å²) in [5.41, 5.74) is 1.86. The van der Waals surface area contributed by atoms with Crippen molar-refractivity contribution in [1.29, 1.82) is 0 Å². The lowest BCUT2D eigenvalue weighted by molar-refractivity contribution is -0.126. The average Bonchev–Trinajstić information content (AvgIpc) is 2.60. The Morgan fingerprint density at radius 2 is 1.96 bits per heavy atom. The highest BCUT2D eigenvalue weighted by atomic mass is 16.5. The molecule has 24 heavy (non-hydrogen) atoms. The fraction of sp³-hybridized carbons (Fsp3) is 0.250. The molecule has 2 aliphatic rings. The highest BCUT2D eigenvalue weighted by Gasteiger charge is 2.15. The molecule has 2 aromatic rings. The number of ketones is 1. The number of fused-ring (bicyclic) bond motifs is 7. The number of Topliss-reactive ketones (excluding diaryl/α,β-unsaturated/α-hetero) is 1. The Morgan fingerprint density at radius 3 is 2.71 bits per heavy atom. The maximum absolute atomic E-state index is 12.0. The third kappa shape index (κ3) is 3.84. The van der Waals surface area contributed by atoms with Crippen LogP contribution in [0, 0.1) is 0 Å². The van der Waals surface area contributed by atoms with Crippen LogP contribution >= 0.6 is 0 Å². The van der Waals surface area contributed by atoms with Crippen molar-refractivity contribution in [3.63, 3.8) is 0 Å². The maximum Gasteiger partial charge on any atom is 0.169 e. The minimum Gasteiger partial charge on any atom is -0.493 e. The molecule has 0 saturated heterocycles. The summed E-state index contributed by atoms with van der Waals surface area (Å²) in [5, 5.41) is 10.0. The molecule has 2 heterocycles. The van der Waals surface area contributed by atoms with Crippen LogP contribution in [0.1, 0.15) is 24.0 Å². The van der Waals surface area contributed by atoms with Gasteiger partial charge >= 0.3 is 0 Å². The summed E-state index contributed by atoms with van der Waals surface area (Å²) in [5.74, 6) is 1.84. The molecule has 0 aromatic heterocycles. The predicted molar refractivity (Wildman–Crippen MR) is 92.5 cm³/mol. The molecule has 0 radical (unpaired) electrons. The molecule has 0 fully saturated rings. The van der Waals surface area contributed by atoms with Crippen molar-refractivity contribution in [3.8, 4) is 17.2 Å². The van der Waals surface area contributed by atoms with E-state index in [0.29, 0.717) is 36.5 Å². The van der Waals surface area contributed by atoms with Crippen molar-refractivity contribution in [2.24, 2.45) is 0 Å². The summed E-state index contributed by atoms with van der Waals surface area (Å²) in [6, 6.07) is 13.1. The highest BCUT2D eigenvalue weighted by molar-refractivity contribution is 5.83. The van der Waals surface area contributed by atoms with Crippen molar-refractivity contribution in [3.05, 3.63) is 59.7 Å². The number of aliphatic hydroxyl groups excluding tert-OH is 1. The van der Waals surface area contributed by atoms with E-state index in [9.17, 15) is 9.90 Å². The van der Waals surface area contributed by atoms with Crippen LogP contribution in [0.25, 0.3) is 6.08 Å². The third-order valence-corrected chi connectivity index (χ3v) is 4.01. The largest absolute Gasteiger partial charge is 0.493 e. The summed E-state index contributed by atoms with van der Waals surface area (Å²) in [4.78, 5) is 12.0. The van der Waals surface area contributed by atoms with Crippen LogP contribution in [-0.4, -0.2) is 24.1 Å². The summed E-state index contributed by atoms with van der Waals surface area (Å²) in [6.45, 7) is 0. The first-order valence-corrected chi connectivity index (χ1v) is 7.98. The number of carbonyl (C=O) groups is 1. The number of allylic oxidation sites excluding steroid dienone is 1. The molecule has 2 aliphatic heterocycles. The number of methoxy groups -OCH3 is 1. The first-order valence-electron chi connectivity index (χ1n) is 7.98. The van der Waals surface area contributed by atoms with Crippen LogP contribution in [-0.2, 0) is 11.2 Å². The molecule has 0 saturated carbocycles. The quantitative estimate of drug-likeness (QED) is 0.867. The highest BCUT2D eigenvalue weighted by Crippen LogP contribution is 2.33. The molecular weight excluding hydrogens is 304 g/mol. The molecule has 0 spiro atoms. The van der Waals surface area contributed by atoms with Gasteiger partial charge < -0.3 is 14.6 Å². The smallest absolute Gasteiger partial charge is 0.169 e. The van der Waals surface area contributed by atoms with Crippen LogP contribution in [0.4, 0.5) is 0 Å². The van der Waals surface area contributed by atoms with Crippen LogP contribution in [0.3, 0.4) is 0 Å². The Balaban J connectivity index is 1.97. The van der Waals surface area contributed by atoms with Crippen molar-refractivity contribution in [1.82, 2.24) is 0 Å². The van der Waals surface area contributed by atoms with Gasteiger partial charge in [-0.1, -0.05) is 30.4 Å². The zero-order chi connectivity index (χ0) is 16.9. The van der Waals surface area contributed by atoms with Gasteiger partial charge in [0.25, 0.3) is 0 Å². The lowest BCUT2D eigenvalue weighted by atomic mass is 10.0. The first-order chi connectivity index (χ1) is 11.7. The monoisotopic (exact) mass is 324 g/mol. The number of aliphatic hydroxyl groups is 1. The fourth-order valence-corrected chi connectivity index (χ4v) is 2.65. The summed E-state index contributed by atoms with van der Waals surface area (Å²) in [6.07, 6.45) is 4.15. The van der Waals surface area contributed by atoms with Gasteiger partial charge in [0, 0.05) is 12.8 Å². The maximum atomic E-state index is 12.0. The van der Waals surface area contributed by atoms with E-state index in [1.807, 2.05) is 54.6 Å². The van der Waals surface area contributed by atoms with Gasteiger partial charge in [-0.05, 0) is 41.8 Å². The summed E-state index contributed by atoms with van der Waals surface area (Å²) in [7, 11) is 1.61. The Hall–Kier alpha value is -2.59. The van der Waals surface area contributed by atoms with E-state index < -0.39 is 6.10 Å². The van der Waals surface area contributed by atoms with Crippen molar-refractivity contribution in [2.75, 3.05) is 7.11 Å². The Kier molecular flexibility index (Phi) is 4.96. The number of ether oxygens (including phenoxy) is 2. The SMILES string of the molecule is COc1ccc2cc1Oc1ccc(cc1)C[C@@H](O)C(=O)CC/C=C/2. The predicted octanol–water partition coefficient (Wildman–Crippen LogP) is 3.77. The molecule has 2 aromatic carbocycles. The minimum atomic E-state index is -0.962. The van der Waals surface area contributed by atoms with Crippen molar-refractivity contribution >= 4 is 11.9 Å². The topological polar surface area (TPSA) is 55.8 Å². The molecule has 1 atom stereocenters. The molecule has 4 bridgehead atoms. The van der Waals surface area contributed by atoms with Gasteiger partial charge in [-0.2, -0.15) is 0 Å². The summed E-state index contributed by atoms with van der Waals surface area (Å²) >= 11 is 0. The molecular formula is C20H20O4. The zero-order valence-electron chi connectivity index (χ0n) is 13.6. The standard InChI is InChI=1S/C20H20O4/c1-23-19-11-8-14-4-2-3-5-17(21)18(22)12-15-6-9-16(10-7-15)24-20(19)13-14/h2,4,6-11,13,18,22H,3,5,12H2,1H3/b4-2+/t18-/m1/s1. The summed E-state index contributed by atoms with van der Waals surface area (Å²) < 4.78 is 11.3. The van der Waals surface area contributed by atoms with E-state index in [-0.39, 0.29) is 5.78 Å². The van der Waals surface area contributed by atoms with E-state index in [0.717, 1.165) is 11.1 Å². The first kappa shape index (κ1) is 16.3. The molecule has 0 unspecified atom stereocenters. The molecule has 1 N–H and O–H groups in total. The van der Waals surface area contributed by atoms with Crippen molar-refractivity contribution < 1.29 is 19.4 Å². The van der Waals surface area contributed by atoms with Gasteiger partial charge in [0.2, 0.25) is 0 Å². The van der Waals surface area contributed by atoms with Crippen LogP contribution in [0.5, 0.6) is 17.2 Å². The van der Waals surface area contributed by atoms with Gasteiger partial charge in [0.1, 0.15) is 11.9 Å². The normalized spacial score (nSPS) is 19.1. The van der Waals surface area contributed by atoms with E-state index in [2.05, 4.69) is 0 Å². The van der Waals surface area contributed by atoms with Gasteiger partial charge in [-0.15, -0.1) is 0 Å². The van der Waals surface area contributed by atoms with Crippen molar-refractivity contribution in [2.45, 2.75) is 25.4 Å². The second-order valence-electron chi connectivity index (χ2n) is 5.78. The average molecular weight is 324 g/mol. The Bertz CT molecular complexity index is 747. The van der Waals surface area contributed by atoms with Crippen LogP contribution in [0.15, 0.2) is 48.5 Å². The number of benzene rings is 2. The van der Waals surface area contributed by atoms with E-state index in [1.165, 1.54) is 0 Å². The molecule has 4 heteroatoms. The molecule has 4 nitrogen and oxygen atoms in total. The van der Waals surface area contributed by atoms with Crippen LogP contribution < -0.4 is 9.47 Å². The van der Waals surface area contributed by atoms with Gasteiger partial charge in [0.15, 0.2) is 17.3 Å². The lowest BCUT2D eigenvalue weighted by Gasteiger charge is -2.12. The van der Waals surface area contributed by atoms with E-state index >= 15 is 0 Å². The van der Waals surface area contributed by atoms with Gasteiger partial charge in [0.05, 0.1) is 7.11 Å². The second-order valence-corrected chi connectivity index (χ2v) is 5.78. The second kappa shape index (κ2) is 7.32. The van der Waals surface area contributed by atoms with E-state index in [4.69, 9.17) is 9.47 Å². The number of hydrogen-bond acceptors (Lipinski definition) is 4. The van der Waals surface area contributed by atoms with Gasteiger partial charge in [-0.3, -0.25) is 4.79 Å². The Labute approximate surface area is 141 Å². The van der Waals surface area contributed by atoms with Crippen LogP contribution in [0.2, 0.25) is 0 Å². The van der Waals surface area contributed by atoms with E-state index in [1.54, 1.807) is 7.11 Å². The Morgan fingerprint density at radius 1 is 1.17 bits per heavy atom.